The molecule has 0 spiro atoms. The quantitative estimate of drug-likeness (QED) is 0.527. The average molecular weight is 201 g/mol. The number of rotatable bonds is 5. The van der Waals surface area contributed by atoms with Gasteiger partial charge >= 0.3 is 5.97 Å². The Balaban J connectivity index is 2.30. The van der Waals surface area contributed by atoms with Gasteiger partial charge in [-0.1, -0.05) is 19.3 Å². The summed E-state index contributed by atoms with van der Waals surface area (Å²) < 4.78 is 0. The number of amides is 1. The largest absolute Gasteiger partial charge is 0.480 e. The number of carbonyl (C=O) groups excluding carboxylic acids is 1. The van der Waals surface area contributed by atoms with Crippen LogP contribution in [0.4, 0.5) is 0 Å². The van der Waals surface area contributed by atoms with Crippen LogP contribution < -0.4 is 0 Å². The van der Waals surface area contributed by atoms with E-state index < -0.39 is 5.97 Å². The summed E-state index contributed by atoms with van der Waals surface area (Å²) >= 11 is 0. The lowest BCUT2D eigenvalue weighted by Gasteiger charge is -2.25. The lowest BCUT2D eigenvalue weighted by molar-refractivity contribution is -0.203. The predicted octanol–water partition coefficient (Wildman–Crippen LogP) is 0.794. The zero-order chi connectivity index (χ0) is 10.4. The van der Waals surface area contributed by atoms with Crippen molar-refractivity contribution in [2.24, 2.45) is 0 Å². The first-order valence-corrected chi connectivity index (χ1v) is 4.83. The van der Waals surface area contributed by atoms with Crippen LogP contribution in [-0.2, 0) is 14.4 Å². The average Bonchev–Trinajstić information content (AvgIpc) is 2.17. The zero-order valence-electron chi connectivity index (χ0n) is 8.02. The van der Waals surface area contributed by atoms with Crippen molar-refractivity contribution in [3.63, 3.8) is 0 Å². The van der Waals surface area contributed by atoms with Crippen molar-refractivity contribution in [1.82, 2.24) is 5.06 Å². The maximum atomic E-state index is 10.5. The van der Waals surface area contributed by atoms with Gasteiger partial charge < -0.3 is 5.11 Å². The van der Waals surface area contributed by atoms with Gasteiger partial charge in [0.05, 0.1) is 6.10 Å². The molecule has 0 unspecified atom stereocenters. The first-order chi connectivity index (χ1) is 6.72. The number of hydroxylamine groups is 2. The molecular formula is C9H15NO4. The molecule has 1 aliphatic rings. The Morgan fingerprint density at radius 2 is 2.07 bits per heavy atom. The Labute approximate surface area is 82.6 Å². The fraction of sp³-hybridized carbons (Fsp3) is 0.778. The van der Waals surface area contributed by atoms with Crippen molar-refractivity contribution in [3.8, 4) is 0 Å². The molecule has 1 aliphatic carbocycles. The predicted molar refractivity (Wildman–Crippen MR) is 48.4 cm³/mol. The highest BCUT2D eigenvalue weighted by atomic mass is 16.7. The maximum absolute atomic E-state index is 10.5. The molecule has 0 radical (unpaired) electrons. The van der Waals surface area contributed by atoms with E-state index in [0.29, 0.717) is 6.41 Å². The van der Waals surface area contributed by atoms with E-state index in [1.807, 2.05) is 0 Å². The monoisotopic (exact) mass is 201 g/mol. The van der Waals surface area contributed by atoms with Crippen molar-refractivity contribution >= 4 is 12.4 Å². The summed E-state index contributed by atoms with van der Waals surface area (Å²) in [5, 5.41) is 9.32. The summed E-state index contributed by atoms with van der Waals surface area (Å²) in [6.07, 6.45) is 5.61. The van der Waals surface area contributed by atoms with E-state index in [4.69, 9.17) is 9.94 Å². The van der Waals surface area contributed by atoms with Gasteiger partial charge in [0, 0.05) is 0 Å². The van der Waals surface area contributed by atoms with Crippen LogP contribution in [0.15, 0.2) is 0 Å². The molecule has 5 heteroatoms. The van der Waals surface area contributed by atoms with Crippen LogP contribution in [0.5, 0.6) is 0 Å². The fourth-order valence-electron chi connectivity index (χ4n) is 1.59. The van der Waals surface area contributed by atoms with E-state index >= 15 is 0 Å². The SMILES string of the molecule is O=CN(CC(=O)O)OC1CCCCC1. The van der Waals surface area contributed by atoms with Gasteiger partial charge in [-0.05, 0) is 12.8 Å². The number of carboxylic acids is 1. The fourth-order valence-corrected chi connectivity index (χ4v) is 1.59. The highest BCUT2D eigenvalue weighted by Crippen LogP contribution is 2.20. The lowest BCUT2D eigenvalue weighted by Crippen LogP contribution is -2.34. The molecule has 14 heavy (non-hydrogen) atoms. The molecule has 80 valence electrons. The van der Waals surface area contributed by atoms with E-state index in [2.05, 4.69) is 0 Å². The van der Waals surface area contributed by atoms with Crippen molar-refractivity contribution in [2.45, 2.75) is 38.2 Å². The van der Waals surface area contributed by atoms with E-state index in [9.17, 15) is 9.59 Å². The number of carboxylic acid groups (broad SMARTS) is 1. The summed E-state index contributed by atoms with van der Waals surface area (Å²) in [4.78, 5) is 26.0. The third kappa shape index (κ3) is 3.74. The topological polar surface area (TPSA) is 66.8 Å². The standard InChI is InChI=1S/C9H15NO4/c11-7-10(6-9(12)13)14-8-4-2-1-3-5-8/h7-8H,1-6H2,(H,12,13). The van der Waals surface area contributed by atoms with Crippen LogP contribution in [0.2, 0.25) is 0 Å². The highest BCUT2D eigenvalue weighted by Gasteiger charge is 2.18. The Bertz CT molecular complexity index is 201. The Morgan fingerprint density at radius 3 is 2.57 bits per heavy atom. The van der Waals surface area contributed by atoms with Gasteiger partial charge in [-0.2, -0.15) is 0 Å². The summed E-state index contributed by atoms with van der Waals surface area (Å²) in [6.45, 7) is -0.389. The van der Waals surface area contributed by atoms with Crippen LogP contribution in [0.25, 0.3) is 0 Å². The molecule has 5 nitrogen and oxygen atoms in total. The van der Waals surface area contributed by atoms with Crippen LogP contribution >= 0.6 is 0 Å². The Kier molecular flexibility index (Phi) is 4.39. The van der Waals surface area contributed by atoms with E-state index in [1.54, 1.807) is 0 Å². The zero-order valence-corrected chi connectivity index (χ0v) is 8.02. The molecule has 0 heterocycles. The third-order valence-corrected chi connectivity index (χ3v) is 2.25. The van der Waals surface area contributed by atoms with Gasteiger partial charge in [0.2, 0.25) is 6.41 Å². The molecule has 1 N–H and O–H groups in total. The first-order valence-electron chi connectivity index (χ1n) is 4.83. The summed E-state index contributed by atoms with van der Waals surface area (Å²) in [6, 6.07) is 0. The van der Waals surface area contributed by atoms with E-state index in [0.717, 1.165) is 30.7 Å². The van der Waals surface area contributed by atoms with E-state index in [1.165, 1.54) is 6.42 Å². The summed E-state index contributed by atoms with van der Waals surface area (Å²) in [7, 11) is 0. The minimum atomic E-state index is -1.06. The number of hydrogen-bond acceptors (Lipinski definition) is 3. The minimum Gasteiger partial charge on any atom is -0.480 e. The highest BCUT2D eigenvalue weighted by molar-refractivity contribution is 5.71. The normalized spacial score (nSPS) is 17.7. The molecule has 0 saturated heterocycles. The first kappa shape index (κ1) is 11.0. The van der Waals surface area contributed by atoms with Crippen molar-refractivity contribution < 1.29 is 19.5 Å². The second-order valence-electron chi connectivity index (χ2n) is 3.44. The molecule has 0 bridgehead atoms. The van der Waals surface area contributed by atoms with Crippen molar-refractivity contribution in [3.05, 3.63) is 0 Å². The number of carbonyl (C=O) groups is 2. The molecule has 1 fully saturated rings. The molecule has 1 amide bonds. The van der Waals surface area contributed by atoms with Crippen molar-refractivity contribution in [1.29, 1.82) is 0 Å². The number of nitrogens with zero attached hydrogens (tertiary/aromatic N) is 1. The van der Waals surface area contributed by atoms with Gasteiger partial charge in [0.1, 0.15) is 6.54 Å². The molecule has 0 aromatic heterocycles. The minimum absolute atomic E-state index is 0.00769. The number of hydrogen-bond donors (Lipinski definition) is 1. The van der Waals surface area contributed by atoms with Crippen LogP contribution in [0, 0.1) is 0 Å². The number of aliphatic carboxylic acids is 1. The van der Waals surface area contributed by atoms with Crippen LogP contribution in [-0.4, -0.2) is 35.2 Å². The lowest BCUT2D eigenvalue weighted by atomic mass is 9.98. The maximum Gasteiger partial charge on any atom is 0.325 e. The van der Waals surface area contributed by atoms with Gasteiger partial charge in [-0.25, -0.2) is 5.06 Å². The van der Waals surface area contributed by atoms with Gasteiger partial charge in [-0.3, -0.25) is 14.4 Å². The second-order valence-corrected chi connectivity index (χ2v) is 3.44. The summed E-state index contributed by atoms with van der Waals surface area (Å²) in [5.41, 5.74) is 0. The second kappa shape index (κ2) is 5.59. The molecular weight excluding hydrogens is 186 g/mol. The molecule has 0 aromatic carbocycles. The van der Waals surface area contributed by atoms with Gasteiger partial charge in [0.15, 0.2) is 0 Å². The van der Waals surface area contributed by atoms with Crippen molar-refractivity contribution in [2.75, 3.05) is 6.54 Å². The molecule has 1 rings (SSSR count). The molecule has 0 aromatic rings. The van der Waals surface area contributed by atoms with Crippen LogP contribution in [0.3, 0.4) is 0 Å². The molecule has 0 atom stereocenters. The van der Waals surface area contributed by atoms with E-state index in [-0.39, 0.29) is 12.6 Å². The smallest absolute Gasteiger partial charge is 0.325 e. The Hall–Kier alpha value is -1.10. The Morgan fingerprint density at radius 1 is 1.43 bits per heavy atom. The molecule has 1 saturated carbocycles. The van der Waals surface area contributed by atoms with Crippen LogP contribution in [0.1, 0.15) is 32.1 Å². The summed E-state index contributed by atoms with van der Waals surface area (Å²) in [5.74, 6) is -1.06. The van der Waals surface area contributed by atoms with Gasteiger partial charge in [0.25, 0.3) is 0 Å². The molecule has 0 aliphatic heterocycles. The third-order valence-electron chi connectivity index (χ3n) is 2.25. The van der Waals surface area contributed by atoms with Gasteiger partial charge in [-0.15, -0.1) is 0 Å².